The molecular formula is C18H22F3N7O. The molecule has 2 N–H and O–H groups in total. The summed E-state index contributed by atoms with van der Waals surface area (Å²) in [5.74, 6) is 1.51. The molecule has 0 spiro atoms. The summed E-state index contributed by atoms with van der Waals surface area (Å²) in [6.07, 6.45) is 0.534. The average molecular weight is 409 g/mol. The predicted molar refractivity (Wildman–Crippen MR) is 100.0 cm³/mol. The number of nitrogens with zero attached hydrogens (tertiary/aromatic N) is 5. The van der Waals surface area contributed by atoms with Gasteiger partial charge in [0.05, 0.1) is 17.7 Å². The molecule has 4 rings (SSSR count). The smallest absolute Gasteiger partial charge is 0.381 e. The number of aryl methyl sites for hydroxylation is 1. The maximum atomic E-state index is 13.0. The average Bonchev–Trinajstić information content (AvgIpc) is 3.27. The van der Waals surface area contributed by atoms with Crippen molar-refractivity contribution in [1.82, 2.24) is 29.9 Å². The number of hydrogen-bond donors (Lipinski definition) is 2. The number of nitrogens with one attached hydrogen (secondary N) is 2. The minimum absolute atomic E-state index is 0.0570. The standard InChI is InChI=1S/C18H22F3N7O/c1-10-7-14(27-26-10)23-16-13-8-22-28(9-18(19,20)21)17(13)25-15(24-16)11-3-5-12(29-2)6-4-11/h7-8,11-12H,3-6,9H2,1-2H3,(H2,23,24,25,26,27). The largest absolute Gasteiger partial charge is 0.408 e. The van der Waals surface area contributed by atoms with Gasteiger partial charge in [-0.25, -0.2) is 14.6 Å². The second-order valence-electron chi connectivity index (χ2n) is 7.36. The van der Waals surface area contributed by atoms with Gasteiger partial charge < -0.3 is 10.1 Å². The Kier molecular flexibility index (Phi) is 5.15. The van der Waals surface area contributed by atoms with E-state index in [2.05, 4.69) is 30.6 Å². The first kappa shape index (κ1) is 19.6. The number of fused-ring (bicyclic) bond motifs is 1. The number of rotatable bonds is 5. The van der Waals surface area contributed by atoms with E-state index in [4.69, 9.17) is 4.74 Å². The van der Waals surface area contributed by atoms with Crippen molar-refractivity contribution in [3.63, 3.8) is 0 Å². The molecule has 0 aromatic carbocycles. The summed E-state index contributed by atoms with van der Waals surface area (Å²) in [5, 5.41) is 14.4. The zero-order valence-electron chi connectivity index (χ0n) is 16.1. The molecule has 8 nitrogen and oxygen atoms in total. The molecule has 0 amide bonds. The van der Waals surface area contributed by atoms with E-state index in [0.717, 1.165) is 36.1 Å². The molecule has 0 saturated heterocycles. The number of halogens is 3. The zero-order chi connectivity index (χ0) is 20.6. The van der Waals surface area contributed by atoms with Crippen LogP contribution < -0.4 is 5.32 Å². The Balaban J connectivity index is 1.73. The van der Waals surface area contributed by atoms with Crippen LogP contribution in [0.5, 0.6) is 0 Å². The van der Waals surface area contributed by atoms with Crippen LogP contribution in [0.3, 0.4) is 0 Å². The second-order valence-corrected chi connectivity index (χ2v) is 7.36. The van der Waals surface area contributed by atoms with Crippen molar-refractivity contribution in [3.05, 3.63) is 23.8 Å². The van der Waals surface area contributed by atoms with E-state index in [1.54, 1.807) is 13.2 Å². The van der Waals surface area contributed by atoms with Crippen LogP contribution in [0, 0.1) is 6.92 Å². The Labute approximate surface area is 164 Å². The van der Waals surface area contributed by atoms with E-state index in [1.165, 1.54) is 6.20 Å². The van der Waals surface area contributed by atoms with Gasteiger partial charge in [-0.3, -0.25) is 5.10 Å². The molecule has 29 heavy (non-hydrogen) atoms. The van der Waals surface area contributed by atoms with Gasteiger partial charge in [0.1, 0.15) is 18.2 Å². The second kappa shape index (κ2) is 7.62. The SMILES string of the molecule is COC1CCC(c2nc(Nc3cc(C)[nH]n3)c3cnn(CC(F)(F)F)c3n2)CC1. The van der Waals surface area contributed by atoms with E-state index in [-0.39, 0.29) is 17.7 Å². The van der Waals surface area contributed by atoms with E-state index >= 15 is 0 Å². The van der Waals surface area contributed by atoms with Crippen LogP contribution in [0.1, 0.15) is 43.1 Å². The quantitative estimate of drug-likeness (QED) is 0.665. The molecule has 0 bridgehead atoms. The highest BCUT2D eigenvalue weighted by Gasteiger charge is 2.31. The third kappa shape index (κ3) is 4.34. The van der Waals surface area contributed by atoms with Gasteiger partial charge in [0.2, 0.25) is 0 Å². The number of alkyl halides is 3. The molecule has 1 fully saturated rings. The van der Waals surface area contributed by atoms with Crippen LogP contribution in [-0.4, -0.2) is 49.3 Å². The summed E-state index contributed by atoms with van der Waals surface area (Å²) in [4.78, 5) is 9.12. The highest BCUT2D eigenvalue weighted by molar-refractivity contribution is 5.88. The van der Waals surface area contributed by atoms with Gasteiger partial charge in [-0.15, -0.1) is 0 Å². The Morgan fingerprint density at radius 2 is 2.00 bits per heavy atom. The van der Waals surface area contributed by atoms with Crippen molar-refractivity contribution in [3.8, 4) is 0 Å². The minimum Gasteiger partial charge on any atom is -0.381 e. The third-order valence-corrected chi connectivity index (χ3v) is 5.17. The van der Waals surface area contributed by atoms with Crippen LogP contribution in [-0.2, 0) is 11.3 Å². The summed E-state index contributed by atoms with van der Waals surface area (Å²) in [5.41, 5.74) is 1.01. The monoisotopic (exact) mass is 409 g/mol. The number of aromatic amines is 1. The molecule has 0 aliphatic heterocycles. The zero-order valence-corrected chi connectivity index (χ0v) is 16.1. The maximum Gasteiger partial charge on any atom is 0.408 e. The summed E-state index contributed by atoms with van der Waals surface area (Å²) in [7, 11) is 1.69. The highest BCUT2D eigenvalue weighted by Crippen LogP contribution is 2.35. The maximum absolute atomic E-state index is 13.0. The molecule has 1 aliphatic rings. The first-order chi connectivity index (χ1) is 13.8. The molecule has 3 aromatic heterocycles. The number of methoxy groups -OCH3 is 1. The van der Waals surface area contributed by atoms with Crippen LogP contribution in [0.15, 0.2) is 12.3 Å². The molecule has 1 saturated carbocycles. The molecule has 1 aliphatic carbocycles. The van der Waals surface area contributed by atoms with Crippen molar-refractivity contribution < 1.29 is 17.9 Å². The Hall–Kier alpha value is -2.69. The molecule has 11 heteroatoms. The van der Waals surface area contributed by atoms with Crippen molar-refractivity contribution >= 4 is 22.7 Å². The molecule has 0 unspecified atom stereocenters. The summed E-state index contributed by atoms with van der Waals surface area (Å²) in [6.45, 7) is 0.652. The molecule has 3 heterocycles. The lowest BCUT2D eigenvalue weighted by Gasteiger charge is -2.26. The normalized spacial score (nSPS) is 20.3. The minimum atomic E-state index is -4.40. The number of ether oxygens (including phenoxy) is 1. The lowest BCUT2D eigenvalue weighted by molar-refractivity contribution is -0.141. The Morgan fingerprint density at radius 1 is 1.24 bits per heavy atom. The lowest BCUT2D eigenvalue weighted by atomic mass is 9.87. The van der Waals surface area contributed by atoms with Crippen LogP contribution in [0.25, 0.3) is 11.0 Å². The number of aromatic nitrogens is 6. The predicted octanol–water partition coefficient (Wildman–Crippen LogP) is 3.84. The third-order valence-electron chi connectivity index (χ3n) is 5.17. The van der Waals surface area contributed by atoms with E-state index in [0.29, 0.717) is 22.8 Å². The van der Waals surface area contributed by atoms with Crippen molar-refractivity contribution in [1.29, 1.82) is 0 Å². The number of anilines is 2. The summed E-state index contributed by atoms with van der Waals surface area (Å²) in [6, 6.07) is 1.79. The van der Waals surface area contributed by atoms with Crippen LogP contribution in [0.2, 0.25) is 0 Å². The topological polar surface area (TPSA) is 93.5 Å². The molecule has 0 radical (unpaired) electrons. The van der Waals surface area contributed by atoms with Gasteiger partial charge in [0.15, 0.2) is 11.5 Å². The van der Waals surface area contributed by atoms with Crippen LogP contribution in [0.4, 0.5) is 24.8 Å². The Bertz CT molecular complexity index is 989. The first-order valence-electron chi connectivity index (χ1n) is 9.44. The highest BCUT2D eigenvalue weighted by atomic mass is 19.4. The molecule has 0 atom stereocenters. The van der Waals surface area contributed by atoms with Gasteiger partial charge in [0, 0.05) is 24.8 Å². The van der Waals surface area contributed by atoms with Gasteiger partial charge in [-0.2, -0.15) is 23.4 Å². The van der Waals surface area contributed by atoms with Gasteiger partial charge >= 0.3 is 6.18 Å². The summed E-state index contributed by atoms with van der Waals surface area (Å²) < 4.78 is 45.2. The van der Waals surface area contributed by atoms with E-state index in [1.807, 2.05) is 6.92 Å². The van der Waals surface area contributed by atoms with Gasteiger partial charge in [-0.1, -0.05) is 0 Å². The van der Waals surface area contributed by atoms with Crippen molar-refractivity contribution in [2.45, 2.75) is 57.3 Å². The molecular weight excluding hydrogens is 387 g/mol. The first-order valence-corrected chi connectivity index (χ1v) is 9.44. The fourth-order valence-corrected chi connectivity index (χ4v) is 3.70. The Morgan fingerprint density at radius 3 is 2.62 bits per heavy atom. The van der Waals surface area contributed by atoms with Crippen molar-refractivity contribution in [2.75, 3.05) is 12.4 Å². The fourth-order valence-electron chi connectivity index (χ4n) is 3.70. The number of H-pyrrole nitrogens is 1. The van der Waals surface area contributed by atoms with Crippen molar-refractivity contribution in [2.24, 2.45) is 0 Å². The molecule has 3 aromatic rings. The lowest BCUT2D eigenvalue weighted by Crippen LogP contribution is -2.22. The number of hydrogen-bond acceptors (Lipinski definition) is 6. The van der Waals surface area contributed by atoms with E-state index < -0.39 is 12.7 Å². The fraction of sp³-hybridized carbons (Fsp3) is 0.556. The molecule has 156 valence electrons. The van der Waals surface area contributed by atoms with Crippen LogP contribution >= 0.6 is 0 Å². The van der Waals surface area contributed by atoms with E-state index in [9.17, 15) is 13.2 Å². The van der Waals surface area contributed by atoms with Gasteiger partial charge in [0.25, 0.3) is 0 Å². The summed E-state index contributed by atoms with van der Waals surface area (Å²) >= 11 is 0. The van der Waals surface area contributed by atoms with Gasteiger partial charge in [-0.05, 0) is 32.6 Å².